The number of anilines is 1. The largest absolute Gasteiger partial charge is 0.460 e. The van der Waals surface area contributed by atoms with Crippen molar-refractivity contribution < 1.29 is 31.9 Å². The Kier molecular flexibility index (Phi) is 5.56. The molecule has 32 heavy (non-hydrogen) atoms. The first-order valence-electron chi connectivity index (χ1n) is 9.71. The lowest BCUT2D eigenvalue weighted by Crippen LogP contribution is -2.29. The molecule has 1 amide bonds. The molecule has 2 heterocycles. The van der Waals surface area contributed by atoms with Gasteiger partial charge in [-0.25, -0.2) is 9.79 Å². The molecule has 0 saturated heterocycles. The fourth-order valence-corrected chi connectivity index (χ4v) is 3.34. The van der Waals surface area contributed by atoms with Crippen LogP contribution >= 0.6 is 0 Å². The summed E-state index contributed by atoms with van der Waals surface area (Å²) in [7, 11) is 0. The van der Waals surface area contributed by atoms with Gasteiger partial charge in [0, 0.05) is 5.56 Å². The summed E-state index contributed by atoms with van der Waals surface area (Å²) < 4.78 is 49.5. The molecule has 164 valence electrons. The van der Waals surface area contributed by atoms with Gasteiger partial charge in [0.05, 0.1) is 30.1 Å². The summed E-state index contributed by atoms with van der Waals surface area (Å²) in [5.74, 6) is -0.743. The third kappa shape index (κ3) is 4.14. The van der Waals surface area contributed by atoms with Crippen molar-refractivity contribution in [1.29, 1.82) is 0 Å². The Morgan fingerprint density at radius 1 is 1.09 bits per heavy atom. The Morgan fingerprint density at radius 2 is 1.88 bits per heavy atom. The normalized spacial score (nSPS) is 14.7. The van der Waals surface area contributed by atoms with Gasteiger partial charge in [0.25, 0.3) is 5.91 Å². The van der Waals surface area contributed by atoms with Crippen molar-refractivity contribution in [2.24, 2.45) is 4.99 Å². The summed E-state index contributed by atoms with van der Waals surface area (Å²) in [5.41, 5.74) is 0.223. The fraction of sp³-hybridized carbons (Fsp3) is 0.174. The van der Waals surface area contributed by atoms with Gasteiger partial charge in [-0.05, 0) is 43.3 Å². The molecule has 0 radical (unpaired) electrons. The lowest BCUT2D eigenvalue weighted by atomic mass is 10.1. The minimum atomic E-state index is -4.52. The Balaban J connectivity index is 1.66. The van der Waals surface area contributed by atoms with Gasteiger partial charge >= 0.3 is 12.1 Å². The quantitative estimate of drug-likeness (QED) is 0.513. The average molecular weight is 442 g/mol. The highest BCUT2D eigenvalue weighted by Crippen LogP contribution is 2.34. The van der Waals surface area contributed by atoms with Crippen LogP contribution in [0.4, 0.5) is 24.5 Å². The molecule has 4 rings (SSSR count). The van der Waals surface area contributed by atoms with E-state index in [0.717, 1.165) is 12.1 Å². The van der Waals surface area contributed by atoms with E-state index in [-0.39, 0.29) is 30.3 Å². The Labute approximate surface area is 180 Å². The van der Waals surface area contributed by atoms with Crippen LogP contribution in [0.1, 0.15) is 34.4 Å². The first-order valence-corrected chi connectivity index (χ1v) is 9.71. The number of hydrogen-bond donors (Lipinski definition) is 0. The Morgan fingerprint density at radius 3 is 2.62 bits per heavy atom. The van der Waals surface area contributed by atoms with Crippen molar-refractivity contribution >= 4 is 29.0 Å². The van der Waals surface area contributed by atoms with Gasteiger partial charge in [-0.15, -0.1) is 0 Å². The number of halogens is 3. The number of alkyl halides is 3. The predicted molar refractivity (Wildman–Crippen MR) is 110 cm³/mol. The number of para-hydroxylation sites is 1. The topological polar surface area (TPSA) is 72.1 Å². The van der Waals surface area contributed by atoms with Crippen molar-refractivity contribution in [3.8, 4) is 0 Å². The molecule has 6 nitrogen and oxygen atoms in total. The summed E-state index contributed by atoms with van der Waals surface area (Å²) in [6.07, 6.45) is -4.52. The van der Waals surface area contributed by atoms with E-state index < -0.39 is 23.6 Å². The van der Waals surface area contributed by atoms with Crippen LogP contribution in [0.2, 0.25) is 0 Å². The number of aliphatic imine (C=N–C) groups is 1. The molecule has 0 N–H and O–H groups in total. The molecule has 0 atom stereocenters. The molecule has 0 bridgehead atoms. The van der Waals surface area contributed by atoms with Crippen molar-refractivity contribution in [1.82, 2.24) is 0 Å². The standard InChI is InChI=1S/C23H17F3N2O4/c1-2-31-22(30)19-11-10-16(32-19)13-28-18-9-4-3-8-17(18)20(21(28)29)27-15-7-5-6-14(12-15)23(24,25)26/h3-12H,2,13H2,1H3. The van der Waals surface area contributed by atoms with Crippen LogP contribution in [-0.4, -0.2) is 24.2 Å². The molecule has 0 spiro atoms. The lowest BCUT2D eigenvalue weighted by Gasteiger charge is -2.15. The summed E-state index contributed by atoms with van der Waals surface area (Å²) in [4.78, 5) is 30.6. The molecule has 1 aliphatic rings. The molecular weight excluding hydrogens is 425 g/mol. The summed E-state index contributed by atoms with van der Waals surface area (Å²) in [5, 5.41) is 0. The predicted octanol–water partition coefficient (Wildman–Crippen LogP) is 5.14. The molecule has 1 aliphatic heterocycles. The second kappa shape index (κ2) is 8.33. The molecule has 0 fully saturated rings. The molecule has 0 aliphatic carbocycles. The number of nitrogens with zero attached hydrogens (tertiary/aromatic N) is 2. The molecule has 3 aromatic rings. The van der Waals surface area contributed by atoms with E-state index in [1.807, 2.05) is 0 Å². The summed E-state index contributed by atoms with van der Waals surface area (Å²) in [6, 6.07) is 14.3. The van der Waals surface area contributed by atoms with Crippen LogP contribution in [0.3, 0.4) is 0 Å². The lowest BCUT2D eigenvalue weighted by molar-refractivity contribution is -0.137. The van der Waals surface area contributed by atoms with Crippen LogP contribution in [0.25, 0.3) is 0 Å². The van der Waals surface area contributed by atoms with Gasteiger partial charge in [0.15, 0.2) is 0 Å². The number of fused-ring (bicyclic) bond motifs is 1. The minimum absolute atomic E-state index is 0.0108. The smallest absolute Gasteiger partial charge is 0.416 e. The highest BCUT2D eigenvalue weighted by molar-refractivity contribution is 6.54. The van der Waals surface area contributed by atoms with E-state index in [0.29, 0.717) is 17.0 Å². The highest BCUT2D eigenvalue weighted by Gasteiger charge is 2.35. The van der Waals surface area contributed by atoms with Gasteiger partial charge < -0.3 is 9.15 Å². The Bertz CT molecular complexity index is 1210. The maximum atomic E-state index is 13.1. The zero-order valence-corrected chi connectivity index (χ0v) is 16.8. The molecule has 0 unspecified atom stereocenters. The van der Waals surface area contributed by atoms with E-state index in [9.17, 15) is 22.8 Å². The van der Waals surface area contributed by atoms with Gasteiger partial charge in [-0.2, -0.15) is 13.2 Å². The number of benzene rings is 2. The average Bonchev–Trinajstić information content (AvgIpc) is 3.33. The fourth-order valence-electron chi connectivity index (χ4n) is 3.34. The number of rotatable bonds is 5. The maximum Gasteiger partial charge on any atom is 0.416 e. The van der Waals surface area contributed by atoms with E-state index in [1.54, 1.807) is 37.3 Å². The van der Waals surface area contributed by atoms with Crippen LogP contribution < -0.4 is 4.90 Å². The number of carbonyl (C=O) groups excluding carboxylic acids is 2. The Hall–Kier alpha value is -3.88. The van der Waals surface area contributed by atoms with Gasteiger partial charge in [-0.3, -0.25) is 9.69 Å². The van der Waals surface area contributed by atoms with Crippen molar-refractivity contribution in [2.75, 3.05) is 11.5 Å². The molecule has 2 aromatic carbocycles. The number of esters is 1. The van der Waals surface area contributed by atoms with Gasteiger partial charge in [0.2, 0.25) is 5.76 Å². The monoisotopic (exact) mass is 442 g/mol. The number of ether oxygens (including phenoxy) is 1. The van der Waals surface area contributed by atoms with Gasteiger partial charge in [0.1, 0.15) is 11.5 Å². The van der Waals surface area contributed by atoms with Crippen molar-refractivity contribution in [2.45, 2.75) is 19.6 Å². The molecule has 1 aromatic heterocycles. The van der Waals surface area contributed by atoms with Crippen LogP contribution in [0, 0.1) is 0 Å². The zero-order chi connectivity index (χ0) is 22.9. The SMILES string of the molecule is CCOC(=O)c1ccc(CN2C(=O)C(=Nc3cccc(C(F)(F)F)c3)c3ccccc32)o1. The van der Waals surface area contributed by atoms with E-state index >= 15 is 0 Å². The molecule has 9 heteroatoms. The number of furan rings is 1. The maximum absolute atomic E-state index is 13.1. The van der Waals surface area contributed by atoms with E-state index in [4.69, 9.17) is 9.15 Å². The summed E-state index contributed by atoms with van der Waals surface area (Å²) in [6.45, 7) is 1.88. The molecular formula is C23H17F3N2O4. The van der Waals surface area contributed by atoms with Crippen molar-refractivity contribution in [3.63, 3.8) is 0 Å². The van der Waals surface area contributed by atoms with Crippen LogP contribution in [-0.2, 0) is 22.3 Å². The molecule has 0 saturated carbocycles. The minimum Gasteiger partial charge on any atom is -0.460 e. The second-order valence-corrected chi connectivity index (χ2v) is 6.90. The first-order chi connectivity index (χ1) is 15.3. The number of amides is 1. The first kappa shape index (κ1) is 21.4. The highest BCUT2D eigenvalue weighted by atomic mass is 19.4. The van der Waals surface area contributed by atoms with Crippen molar-refractivity contribution in [3.05, 3.63) is 83.3 Å². The van der Waals surface area contributed by atoms with E-state index in [1.165, 1.54) is 23.1 Å². The zero-order valence-electron chi connectivity index (χ0n) is 16.8. The van der Waals surface area contributed by atoms with Gasteiger partial charge in [-0.1, -0.05) is 24.3 Å². The summed E-state index contributed by atoms with van der Waals surface area (Å²) >= 11 is 0. The van der Waals surface area contributed by atoms with E-state index in [2.05, 4.69) is 4.99 Å². The number of hydrogen-bond acceptors (Lipinski definition) is 5. The van der Waals surface area contributed by atoms with Crippen LogP contribution in [0.15, 0.2) is 70.1 Å². The third-order valence-corrected chi connectivity index (χ3v) is 4.76. The third-order valence-electron chi connectivity index (χ3n) is 4.76. The number of carbonyl (C=O) groups is 2. The second-order valence-electron chi connectivity index (χ2n) is 6.90. The van der Waals surface area contributed by atoms with Crippen LogP contribution in [0.5, 0.6) is 0 Å².